The first-order valence-electron chi connectivity index (χ1n) is 7.99. The molecule has 4 N–H and O–H groups in total. The summed E-state index contributed by atoms with van der Waals surface area (Å²) >= 11 is 0. The number of aliphatic carboxylic acids is 1. The van der Waals surface area contributed by atoms with Crippen molar-refractivity contribution in [2.45, 2.75) is 37.8 Å². The van der Waals surface area contributed by atoms with Gasteiger partial charge in [0, 0.05) is 24.8 Å². The highest BCUT2D eigenvalue weighted by molar-refractivity contribution is 5.92. The molecule has 3 rings (SSSR count). The maximum atomic E-state index is 11.0. The molecule has 2 fully saturated rings. The number of carboxylic acids is 1. The van der Waals surface area contributed by atoms with Crippen molar-refractivity contribution in [3.8, 4) is 0 Å². The van der Waals surface area contributed by atoms with Gasteiger partial charge in [-0.3, -0.25) is 14.5 Å². The van der Waals surface area contributed by atoms with E-state index in [2.05, 4.69) is 15.2 Å². The Kier molecular flexibility index (Phi) is 4.47. The predicted molar refractivity (Wildman–Crippen MR) is 85.1 cm³/mol. The Bertz CT molecular complexity index is 579. The molecule has 0 spiro atoms. The number of anilines is 1. The molecule has 2 saturated carbocycles. The van der Waals surface area contributed by atoms with Crippen LogP contribution in [0.5, 0.6) is 0 Å². The molecule has 0 aliphatic heterocycles. The van der Waals surface area contributed by atoms with Crippen LogP contribution in [0.15, 0.2) is 18.3 Å². The van der Waals surface area contributed by atoms with Crippen LogP contribution >= 0.6 is 0 Å². The highest BCUT2D eigenvalue weighted by atomic mass is 16.4. The molecule has 1 heterocycles. The van der Waals surface area contributed by atoms with Gasteiger partial charge >= 0.3 is 5.97 Å². The second-order valence-corrected chi connectivity index (χ2v) is 6.53. The third-order valence-corrected chi connectivity index (χ3v) is 4.56. The summed E-state index contributed by atoms with van der Waals surface area (Å²) in [5.74, 6) is 0.151. The van der Waals surface area contributed by atoms with E-state index in [0.29, 0.717) is 29.4 Å². The van der Waals surface area contributed by atoms with E-state index in [1.807, 2.05) is 0 Å². The van der Waals surface area contributed by atoms with Crippen LogP contribution in [0.1, 0.15) is 36.0 Å². The number of nitrogens with one attached hydrogen (secondary N) is 1. The number of primary amides is 1. The second kappa shape index (κ2) is 6.54. The van der Waals surface area contributed by atoms with Gasteiger partial charge in [0.1, 0.15) is 5.82 Å². The molecule has 0 saturated heterocycles. The average Bonchev–Trinajstić information content (AvgIpc) is 3.25. The third kappa shape index (κ3) is 4.19. The number of carbonyl (C=O) groups is 2. The van der Waals surface area contributed by atoms with Gasteiger partial charge in [-0.25, -0.2) is 4.98 Å². The summed E-state index contributed by atoms with van der Waals surface area (Å²) in [6, 6.07) is 4.01. The smallest absolute Gasteiger partial charge is 0.317 e. The van der Waals surface area contributed by atoms with Gasteiger partial charge in [0.2, 0.25) is 5.91 Å². The van der Waals surface area contributed by atoms with E-state index in [9.17, 15) is 9.59 Å². The van der Waals surface area contributed by atoms with Crippen LogP contribution in [0, 0.1) is 5.92 Å². The van der Waals surface area contributed by atoms with E-state index in [-0.39, 0.29) is 6.54 Å². The number of carboxylic acid groups (broad SMARTS) is 1. The van der Waals surface area contributed by atoms with Crippen LogP contribution in [0.25, 0.3) is 0 Å². The molecule has 0 radical (unpaired) electrons. The first-order valence-corrected chi connectivity index (χ1v) is 7.99. The molecule has 0 unspecified atom stereocenters. The van der Waals surface area contributed by atoms with E-state index in [4.69, 9.17) is 10.8 Å². The first-order chi connectivity index (χ1) is 11.0. The number of aromatic nitrogens is 1. The summed E-state index contributed by atoms with van der Waals surface area (Å²) in [7, 11) is 0. The van der Waals surface area contributed by atoms with Crippen LogP contribution in [0.4, 0.5) is 5.82 Å². The van der Waals surface area contributed by atoms with Gasteiger partial charge in [-0.05, 0) is 43.7 Å². The topological polar surface area (TPSA) is 109 Å². The summed E-state index contributed by atoms with van der Waals surface area (Å²) < 4.78 is 0. The van der Waals surface area contributed by atoms with E-state index in [0.717, 1.165) is 19.4 Å². The zero-order valence-corrected chi connectivity index (χ0v) is 12.9. The zero-order valence-electron chi connectivity index (χ0n) is 12.9. The van der Waals surface area contributed by atoms with Gasteiger partial charge in [-0.15, -0.1) is 0 Å². The molecular weight excluding hydrogens is 296 g/mol. The predicted octanol–water partition coefficient (Wildman–Crippen LogP) is 0.920. The highest BCUT2D eigenvalue weighted by Gasteiger charge is 2.37. The molecule has 7 heteroatoms. The van der Waals surface area contributed by atoms with Crippen LogP contribution in [-0.2, 0) is 4.79 Å². The Morgan fingerprint density at radius 2 is 2.09 bits per heavy atom. The van der Waals surface area contributed by atoms with Gasteiger partial charge in [-0.1, -0.05) is 0 Å². The minimum absolute atomic E-state index is 0.124. The summed E-state index contributed by atoms with van der Waals surface area (Å²) in [5.41, 5.74) is 5.57. The normalized spacial score (nSPS) is 23.3. The van der Waals surface area contributed by atoms with Crippen molar-refractivity contribution in [2.75, 3.05) is 18.4 Å². The van der Waals surface area contributed by atoms with Crippen LogP contribution in [0.3, 0.4) is 0 Å². The van der Waals surface area contributed by atoms with Crippen molar-refractivity contribution in [3.05, 3.63) is 23.9 Å². The number of carbonyl (C=O) groups excluding carboxylic acids is 1. The van der Waals surface area contributed by atoms with Crippen LogP contribution in [-0.4, -0.2) is 52.0 Å². The van der Waals surface area contributed by atoms with Crippen molar-refractivity contribution in [1.29, 1.82) is 0 Å². The quantitative estimate of drug-likeness (QED) is 0.658. The van der Waals surface area contributed by atoms with Crippen molar-refractivity contribution in [3.63, 3.8) is 0 Å². The Morgan fingerprint density at radius 3 is 2.61 bits per heavy atom. The van der Waals surface area contributed by atoms with Crippen molar-refractivity contribution in [2.24, 2.45) is 11.7 Å². The molecule has 1 amide bonds. The van der Waals surface area contributed by atoms with Crippen molar-refractivity contribution in [1.82, 2.24) is 9.88 Å². The lowest BCUT2D eigenvalue weighted by atomic mass is 9.85. The second-order valence-electron chi connectivity index (χ2n) is 6.53. The maximum absolute atomic E-state index is 11.0. The molecule has 1 aromatic rings. The fourth-order valence-corrected chi connectivity index (χ4v) is 2.99. The summed E-state index contributed by atoms with van der Waals surface area (Å²) in [5, 5.41) is 12.4. The van der Waals surface area contributed by atoms with Gasteiger partial charge in [-0.2, -0.15) is 0 Å². The number of hydrogen-bond donors (Lipinski definition) is 3. The number of amides is 1. The van der Waals surface area contributed by atoms with Gasteiger partial charge in [0.25, 0.3) is 0 Å². The third-order valence-electron chi connectivity index (χ3n) is 4.56. The molecule has 7 nitrogen and oxygen atoms in total. The van der Waals surface area contributed by atoms with Gasteiger partial charge in [0.15, 0.2) is 0 Å². The van der Waals surface area contributed by atoms with Crippen molar-refractivity contribution < 1.29 is 14.7 Å². The highest BCUT2D eigenvalue weighted by Crippen LogP contribution is 2.34. The molecule has 0 aromatic carbocycles. The Morgan fingerprint density at radius 1 is 1.35 bits per heavy atom. The summed E-state index contributed by atoms with van der Waals surface area (Å²) in [4.78, 5) is 28.3. The molecular formula is C16H22N4O3. The zero-order chi connectivity index (χ0) is 16.4. The van der Waals surface area contributed by atoms with E-state index < -0.39 is 11.9 Å². The molecule has 2 aliphatic rings. The average molecular weight is 318 g/mol. The molecule has 0 atom stereocenters. The Labute approximate surface area is 134 Å². The molecule has 2 aliphatic carbocycles. The van der Waals surface area contributed by atoms with E-state index in [1.54, 1.807) is 12.1 Å². The van der Waals surface area contributed by atoms with Crippen LogP contribution in [0.2, 0.25) is 0 Å². The lowest BCUT2D eigenvalue weighted by molar-refractivity contribution is -0.139. The van der Waals surface area contributed by atoms with Gasteiger partial charge < -0.3 is 16.2 Å². The van der Waals surface area contributed by atoms with E-state index >= 15 is 0 Å². The van der Waals surface area contributed by atoms with Crippen molar-refractivity contribution >= 4 is 17.7 Å². The number of rotatable bonds is 8. The molecule has 23 heavy (non-hydrogen) atoms. The molecule has 124 valence electrons. The number of hydrogen-bond acceptors (Lipinski definition) is 5. The minimum Gasteiger partial charge on any atom is -0.480 e. The standard InChI is InChI=1S/C16H22N4O3/c17-16(23)11-3-4-14(18-7-11)19-12-5-13(6-12)20(9-15(21)22)8-10-1-2-10/h3-4,7,10,12-13H,1-2,5-6,8-9H2,(H2,17,23)(H,18,19)(H,21,22). The maximum Gasteiger partial charge on any atom is 0.317 e. The largest absolute Gasteiger partial charge is 0.480 e. The number of pyridine rings is 1. The Balaban J connectivity index is 1.49. The fourth-order valence-electron chi connectivity index (χ4n) is 2.99. The van der Waals surface area contributed by atoms with E-state index in [1.165, 1.54) is 19.0 Å². The molecule has 0 bridgehead atoms. The summed E-state index contributed by atoms with van der Waals surface area (Å²) in [6.45, 7) is 1.02. The van der Waals surface area contributed by atoms with Crippen LogP contribution < -0.4 is 11.1 Å². The van der Waals surface area contributed by atoms with Gasteiger partial charge in [0.05, 0.1) is 12.1 Å². The lowest BCUT2D eigenvalue weighted by Crippen LogP contribution is -2.52. The number of nitrogens with zero attached hydrogens (tertiary/aromatic N) is 2. The fraction of sp³-hybridized carbons (Fsp3) is 0.562. The number of nitrogens with two attached hydrogens (primary N) is 1. The summed E-state index contributed by atoms with van der Waals surface area (Å²) in [6.07, 6.45) is 5.74. The SMILES string of the molecule is NC(=O)c1ccc(NC2CC(N(CC(=O)O)CC3CC3)C2)nc1. The minimum atomic E-state index is -0.759. The molecule has 1 aromatic heterocycles. The lowest BCUT2D eigenvalue weighted by Gasteiger charge is -2.43. The monoisotopic (exact) mass is 318 g/mol. The first kappa shape index (κ1) is 15.7. The Hall–Kier alpha value is -2.15.